The lowest BCUT2D eigenvalue weighted by Crippen LogP contribution is -2.55. The molecular weight excluding hydrogens is 306 g/mol. The minimum atomic E-state index is -2.69. The summed E-state index contributed by atoms with van der Waals surface area (Å²) in [6, 6.07) is 1.43. The van der Waals surface area contributed by atoms with E-state index in [-0.39, 0.29) is 30.8 Å². The maximum Gasteiger partial charge on any atom is 0.249 e. The van der Waals surface area contributed by atoms with Crippen LogP contribution in [0, 0.1) is 12.8 Å². The van der Waals surface area contributed by atoms with Crippen molar-refractivity contribution in [3.8, 4) is 0 Å². The molecule has 0 spiro atoms. The van der Waals surface area contributed by atoms with E-state index >= 15 is 0 Å². The van der Waals surface area contributed by atoms with Gasteiger partial charge in [-0.05, 0) is 19.4 Å². The summed E-state index contributed by atoms with van der Waals surface area (Å²) in [6.07, 6.45) is 1.57. The zero-order valence-electron chi connectivity index (χ0n) is 12.9. The van der Waals surface area contributed by atoms with Gasteiger partial charge in [0.15, 0.2) is 0 Å². The van der Waals surface area contributed by atoms with Crippen LogP contribution in [0.4, 0.5) is 14.6 Å². The van der Waals surface area contributed by atoms with Crippen LogP contribution in [-0.4, -0.2) is 47.1 Å². The minimum absolute atomic E-state index is 0.150. The quantitative estimate of drug-likeness (QED) is 0.877. The van der Waals surface area contributed by atoms with E-state index in [1.54, 1.807) is 19.2 Å². The van der Waals surface area contributed by atoms with Crippen molar-refractivity contribution in [2.75, 3.05) is 18.5 Å². The summed E-state index contributed by atoms with van der Waals surface area (Å²) in [5.74, 6) is -2.27. The van der Waals surface area contributed by atoms with Crippen molar-refractivity contribution in [1.29, 1.82) is 0 Å². The Bertz CT molecular complexity index is 576. The minimum Gasteiger partial charge on any atom is -0.379 e. The highest BCUT2D eigenvalue weighted by molar-refractivity contribution is 5.80. The predicted molar refractivity (Wildman–Crippen MR) is 79.2 cm³/mol. The van der Waals surface area contributed by atoms with Crippen molar-refractivity contribution in [2.24, 2.45) is 5.92 Å². The summed E-state index contributed by atoms with van der Waals surface area (Å²) < 4.78 is 31.3. The number of hydrogen-bond donors (Lipinski definition) is 2. The molecule has 3 rings (SSSR count). The standard InChI is InChI=1S/C15H20F2N4O2/c1-9-18-4-2-13(19-9)20-12-8-23-5-3-11(12)21-14(22)10-6-15(16,17)7-10/h2,4,10-12H,3,5-8H2,1H3,(H,21,22)(H,18,19,20)/t11-,12+/m0/s1. The third kappa shape index (κ3) is 3.93. The van der Waals surface area contributed by atoms with Crippen molar-refractivity contribution < 1.29 is 18.3 Å². The number of carbonyl (C=O) groups excluding carboxylic acids is 1. The summed E-state index contributed by atoms with van der Waals surface area (Å²) >= 11 is 0. The Morgan fingerprint density at radius 2 is 2.17 bits per heavy atom. The molecule has 2 fully saturated rings. The summed E-state index contributed by atoms with van der Waals surface area (Å²) in [5, 5.41) is 6.11. The third-order valence-corrected chi connectivity index (χ3v) is 4.25. The van der Waals surface area contributed by atoms with Crippen molar-refractivity contribution in [3.05, 3.63) is 18.1 Å². The Hall–Kier alpha value is -1.83. The largest absolute Gasteiger partial charge is 0.379 e. The van der Waals surface area contributed by atoms with Crippen molar-refractivity contribution in [2.45, 2.75) is 44.2 Å². The number of ether oxygens (including phenoxy) is 1. The number of alkyl halides is 2. The highest BCUT2D eigenvalue weighted by atomic mass is 19.3. The smallest absolute Gasteiger partial charge is 0.249 e. The maximum atomic E-state index is 12.9. The third-order valence-electron chi connectivity index (χ3n) is 4.25. The summed E-state index contributed by atoms with van der Waals surface area (Å²) in [7, 11) is 0. The first-order valence-corrected chi connectivity index (χ1v) is 7.75. The highest BCUT2D eigenvalue weighted by Crippen LogP contribution is 2.42. The van der Waals surface area contributed by atoms with E-state index in [0.29, 0.717) is 31.3 Å². The second-order valence-electron chi connectivity index (χ2n) is 6.18. The van der Waals surface area contributed by atoms with Gasteiger partial charge in [0, 0.05) is 31.6 Å². The molecule has 23 heavy (non-hydrogen) atoms. The molecule has 2 heterocycles. The fourth-order valence-corrected chi connectivity index (χ4v) is 2.93. The van der Waals surface area contributed by atoms with Crippen LogP contribution in [0.3, 0.4) is 0 Å². The van der Waals surface area contributed by atoms with Gasteiger partial charge in [-0.3, -0.25) is 4.79 Å². The number of aromatic nitrogens is 2. The molecule has 8 heteroatoms. The summed E-state index contributed by atoms with van der Waals surface area (Å²) in [6.45, 7) is 2.75. The van der Waals surface area contributed by atoms with Gasteiger partial charge >= 0.3 is 0 Å². The second-order valence-corrected chi connectivity index (χ2v) is 6.18. The van der Waals surface area contributed by atoms with Crippen molar-refractivity contribution in [1.82, 2.24) is 15.3 Å². The van der Waals surface area contributed by atoms with Gasteiger partial charge in [-0.25, -0.2) is 18.7 Å². The average molecular weight is 326 g/mol. The van der Waals surface area contributed by atoms with Crippen LogP contribution < -0.4 is 10.6 Å². The highest BCUT2D eigenvalue weighted by Gasteiger charge is 2.49. The van der Waals surface area contributed by atoms with E-state index in [4.69, 9.17) is 4.74 Å². The molecule has 2 aliphatic rings. The lowest BCUT2D eigenvalue weighted by atomic mass is 9.80. The lowest BCUT2D eigenvalue weighted by molar-refractivity contribution is -0.151. The van der Waals surface area contributed by atoms with Crippen LogP contribution in [0.1, 0.15) is 25.1 Å². The molecule has 1 saturated carbocycles. The van der Waals surface area contributed by atoms with Crippen molar-refractivity contribution >= 4 is 11.7 Å². The molecule has 6 nitrogen and oxygen atoms in total. The number of halogens is 2. The molecule has 126 valence electrons. The van der Waals surface area contributed by atoms with E-state index in [1.165, 1.54) is 0 Å². The molecule has 0 aromatic carbocycles. The topological polar surface area (TPSA) is 76.1 Å². The number of amides is 1. The van der Waals surface area contributed by atoms with Gasteiger partial charge in [0.25, 0.3) is 0 Å². The van der Waals surface area contributed by atoms with Crippen LogP contribution in [-0.2, 0) is 9.53 Å². The maximum absolute atomic E-state index is 12.9. The first-order valence-electron chi connectivity index (χ1n) is 7.75. The number of nitrogens with zero attached hydrogens (tertiary/aromatic N) is 2. The monoisotopic (exact) mass is 326 g/mol. The van der Waals surface area contributed by atoms with Crippen LogP contribution in [0.5, 0.6) is 0 Å². The lowest BCUT2D eigenvalue weighted by Gasteiger charge is -2.37. The number of hydrogen-bond acceptors (Lipinski definition) is 5. The molecule has 1 aromatic heterocycles. The number of carbonyl (C=O) groups is 1. The number of rotatable bonds is 4. The molecule has 2 atom stereocenters. The van der Waals surface area contributed by atoms with Gasteiger partial charge in [0.1, 0.15) is 11.6 Å². The number of nitrogens with one attached hydrogen (secondary N) is 2. The molecule has 1 aliphatic heterocycles. The molecule has 1 amide bonds. The van der Waals surface area contributed by atoms with Crippen LogP contribution in [0.2, 0.25) is 0 Å². The Morgan fingerprint density at radius 3 is 2.87 bits per heavy atom. The molecule has 2 N–H and O–H groups in total. The van der Waals surface area contributed by atoms with Gasteiger partial charge in [-0.1, -0.05) is 0 Å². The fourth-order valence-electron chi connectivity index (χ4n) is 2.93. The summed E-state index contributed by atoms with van der Waals surface area (Å²) in [5.41, 5.74) is 0. The van der Waals surface area contributed by atoms with E-state index in [2.05, 4.69) is 20.6 Å². The van der Waals surface area contributed by atoms with Crippen LogP contribution in [0.15, 0.2) is 12.3 Å². The molecule has 0 unspecified atom stereocenters. The molecular formula is C15H20F2N4O2. The summed E-state index contributed by atoms with van der Waals surface area (Å²) in [4.78, 5) is 20.4. The average Bonchev–Trinajstić information content (AvgIpc) is 2.47. The zero-order chi connectivity index (χ0) is 16.4. The zero-order valence-corrected chi connectivity index (χ0v) is 12.9. The number of aryl methyl sites for hydroxylation is 1. The Kier molecular flexibility index (Phi) is 4.43. The van der Waals surface area contributed by atoms with Gasteiger partial charge < -0.3 is 15.4 Å². The molecule has 1 aliphatic carbocycles. The first kappa shape index (κ1) is 16.0. The van der Waals surface area contributed by atoms with Gasteiger partial charge in [0.2, 0.25) is 11.8 Å². The van der Waals surface area contributed by atoms with Crippen molar-refractivity contribution in [3.63, 3.8) is 0 Å². The first-order chi connectivity index (χ1) is 10.9. The number of anilines is 1. The van der Waals surface area contributed by atoms with Gasteiger partial charge in [0.05, 0.1) is 18.7 Å². The van der Waals surface area contributed by atoms with Crippen LogP contribution >= 0.6 is 0 Å². The van der Waals surface area contributed by atoms with E-state index in [0.717, 1.165) is 0 Å². The van der Waals surface area contributed by atoms with Gasteiger partial charge in [-0.15, -0.1) is 0 Å². The van der Waals surface area contributed by atoms with Crippen LogP contribution in [0.25, 0.3) is 0 Å². The SMILES string of the molecule is Cc1nccc(N[C@@H]2COCC[C@@H]2NC(=O)C2CC(F)(F)C2)n1. The van der Waals surface area contributed by atoms with E-state index in [9.17, 15) is 13.6 Å². The second kappa shape index (κ2) is 6.35. The Labute approximate surface area is 133 Å². The van der Waals surface area contributed by atoms with E-state index < -0.39 is 11.8 Å². The molecule has 0 radical (unpaired) electrons. The Morgan fingerprint density at radius 1 is 1.39 bits per heavy atom. The fraction of sp³-hybridized carbons (Fsp3) is 0.667. The van der Waals surface area contributed by atoms with E-state index in [1.807, 2.05) is 0 Å². The molecule has 1 saturated heterocycles. The predicted octanol–water partition coefficient (Wildman–Crippen LogP) is 1.52. The van der Waals surface area contributed by atoms with Gasteiger partial charge in [-0.2, -0.15) is 0 Å². The molecule has 1 aromatic rings. The molecule has 0 bridgehead atoms. The Balaban J connectivity index is 1.59. The normalized spacial score (nSPS) is 27.1.